The average molecular weight is 345 g/mol. The summed E-state index contributed by atoms with van der Waals surface area (Å²) in [7, 11) is 0. The van der Waals surface area contributed by atoms with E-state index in [1.165, 1.54) is 11.1 Å². The average Bonchev–Trinajstić information content (AvgIpc) is 2.59. The van der Waals surface area contributed by atoms with Crippen LogP contribution in [-0.4, -0.2) is 31.2 Å². The third-order valence-corrected chi connectivity index (χ3v) is 4.39. The molecule has 2 amide bonds. The van der Waals surface area contributed by atoms with Gasteiger partial charge in [0.2, 0.25) is 0 Å². The Kier molecular flexibility index (Phi) is 6.58. The summed E-state index contributed by atoms with van der Waals surface area (Å²) in [5, 5.41) is 8.93. The van der Waals surface area contributed by atoms with Gasteiger partial charge in [-0.2, -0.15) is 0 Å². The number of hydrogen-bond donors (Lipinski definition) is 3. The fourth-order valence-electron chi connectivity index (χ4n) is 3.04. The van der Waals surface area contributed by atoms with Crippen LogP contribution in [0.2, 0.25) is 0 Å². The van der Waals surface area contributed by atoms with E-state index >= 15 is 0 Å². The minimum absolute atomic E-state index is 0.0870. The van der Waals surface area contributed by atoms with Crippen molar-refractivity contribution in [3.63, 3.8) is 0 Å². The standard InChI is InChI=1S/C19H27N3O3/c1-5-15-17(18(23)25-6-2)16(22-19(24)21-15)11-20-13(4)14-10-8-7-9-12(14)3/h7-10,13,15,20H,5-6,11H2,1-4H3,(H2,21,22,24)/t13-,15-/m1/s1. The summed E-state index contributed by atoms with van der Waals surface area (Å²) in [6.07, 6.45) is 0.623. The molecule has 0 spiro atoms. The van der Waals surface area contributed by atoms with Gasteiger partial charge < -0.3 is 20.7 Å². The van der Waals surface area contributed by atoms with Crippen LogP contribution in [-0.2, 0) is 9.53 Å². The number of nitrogens with one attached hydrogen (secondary N) is 3. The van der Waals surface area contributed by atoms with Crippen LogP contribution in [0.5, 0.6) is 0 Å². The number of esters is 1. The van der Waals surface area contributed by atoms with Crippen LogP contribution < -0.4 is 16.0 Å². The monoisotopic (exact) mass is 345 g/mol. The van der Waals surface area contributed by atoms with Gasteiger partial charge in [0.1, 0.15) is 0 Å². The summed E-state index contributed by atoms with van der Waals surface area (Å²) in [4.78, 5) is 24.3. The zero-order valence-electron chi connectivity index (χ0n) is 15.3. The van der Waals surface area contributed by atoms with Gasteiger partial charge in [0.25, 0.3) is 0 Å². The zero-order chi connectivity index (χ0) is 18.4. The Morgan fingerprint density at radius 1 is 1.32 bits per heavy atom. The molecular weight excluding hydrogens is 318 g/mol. The molecular formula is C19H27N3O3. The SMILES string of the molecule is CCOC(=O)C1=C(CN[C@H](C)c2ccccc2C)NC(=O)N[C@@H]1CC. The van der Waals surface area contributed by atoms with Crippen LogP contribution in [0.3, 0.4) is 0 Å². The summed E-state index contributed by atoms with van der Waals surface area (Å²) in [5.74, 6) is -0.387. The van der Waals surface area contributed by atoms with Gasteiger partial charge in [0, 0.05) is 18.3 Å². The molecule has 0 aromatic heterocycles. The summed E-state index contributed by atoms with van der Waals surface area (Å²) >= 11 is 0. The molecule has 0 bridgehead atoms. The Morgan fingerprint density at radius 2 is 2.04 bits per heavy atom. The van der Waals surface area contributed by atoms with Crippen LogP contribution in [0.4, 0.5) is 4.79 Å². The van der Waals surface area contributed by atoms with Crippen molar-refractivity contribution >= 4 is 12.0 Å². The molecule has 0 fully saturated rings. The molecule has 0 saturated carbocycles. The van der Waals surface area contributed by atoms with Crippen molar-refractivity contribution in [3.05, 3.63) is 46.7 Å². The molecule has 2 rings (SSSR count). The predicted molar refractivity (Wildman–Crippen MR) is 97.0 cm³/mol. The summed E-state index contributed by atoms with van der Waals surface area (Å²) < 4.78 is 5.17. The number of carbonyl (C=O) groups excluding carboxylic acids is 2. The maximum Gasteiger partial charge on any atom is 0.337 e. The van der Waals surface area contributed by atoms with Gasteiger partial charge >= 0.3 is 12.0 Å². The molecule has 25 heavy (non-hydrogen) atoms. The fourth-order valence-corrected chi connectivity index (χ4v) is 3.04. The number of aryl methyl sites for hydroxylation is 1. The van der Waals surface area contributed by atoms with Crippen molar-refractivity contribution in [2.45, 2.75) is 46.2 Å². The summed E-state index contributed by atoms with van der Waals surface area (Å²) in [6, 6.07) is 7.61. The molecule has 1 aliphatic rings. The first kappa shape index (κ1) is 19.0. The van der Waals surface area contributed by atoms with E-state index in [1.807, 2.05) is 19.1 Å². The highest BCUT2D eigenvalue weighted by Crippen LogP contribution is 2.19. The number of carbonyl (C=O) groups is 2. The number of urea groups is 1. The van der Waals surface area contributed by atoms with E-state index in [-0.39, 0.29) is 24.1 Å². The predicted octanol–water partition coefficient (Wildman–Crippen LogP) is 2.55. The van der Waals surface area contributed by atoms with Gasteiger partial charge in [0.15, 0.2) is 0 Å². The lowest BCUT2D eigenvalue weighted by atomic mass is 9.99. The second kappa shape index (κ2) is 8.67. The van der Waals surface area contributed by atoms with Crippen molar-refractivity contribution in [1.29, 1.82) is 0 Å². The van der Waals surface area contributed by atoms with Crippen LogP contribution in [0.1, 0.15) is 44.4 Å². The van der Waals surface area contributed by atoms with Crippen molar-refractivity contribution in [2.75, 3.05) is 13.2 Å². The molecule has 2 atom stereocenters. The number of hydrogen-bond acceptors (Lipinski definition) is 4. The minimum Gasteiger partial charge on any atom is -0.463 e. The van der Waals surface area contributed by atoms with Gasteiger partial charge in [-0.05, 0) is 38.3 Å². The third kappa shape index (κ3) is 4.60. The molecule has 0 aliphatic carbocycles. The summed E-state index contributed by atoms with van der Waals surface area (Å²) in [6.45, 7) is 8.51. The van der Waals surface area contributed by atoms with Gasteiger partial charge in [-0.3, -0.25) is 0 Å². The number of rotatable bonds is 7. The number of benzene rings is 1. The van der Waals surface area contributed by atoms with E-state index in [9.17, 15) is 9.59 Å². The molecule has 0 unspecified atom stereocenters. The third-order valence-electron chi connectivity index (χ3n) is 4.39. The van der Waals surface area contributed by atoms with Crippen molar-refractivity contribution in [3.8, 4) is 0 Å². The largest absolute Gasteiger partial charge is 0.463 e. The molecule has 136 valence electrons. The van der Waals surface area contributed by atoms with E-state index in [0.29, 0.717) is 30.8 Å². The molecule has 6 heteroatoms. The van der Waals surface area contributed by atoms with E-state index < -0.39 is 0 Å². The van der Waals surface area contributed by atoms with Crippen molar-refractivity contribution < 1.29 is 14.3 Å². The van der Waals surface area contributed by atoms with Gasteiger partial charge in [0.05, 0.1) is 18.2 Å². The zero-order valence-corrected chi connectivity index (χ0v) is 15.3. The first-order chi connectivity index (χ1) is 12.0. The molecule has 1 heterocycles. The maximum absolute atomic E-state index is 12.4. The fraction of sp³-hybridized carbons (Fsp3) is 0.474. The Hall–Kier alpha value is -2.34. The molecule has 6 nitrogen and oxygen atoms in total. The van der Waals surface area contributed by atoms with Gasteiger partial charge in [-0.25, -0.2) is 9.59 Å². The second-order valence-corrected chi connectivity index (χ2v) is 6.13. The van der Waals surface area contributed by atoms with E-state index in [1.54, 1.807) is 6.92 Å². The second-order valence-electron chi connectivity index (χ2n) is 6.13. The molecule has 1 aromatic carbocycles. The summed E-state index contributed by atoms with van der Waals surface area (Å²) in [5.41, 5.74) is 3.46. The number of amides is 2. The maximum atomic E-state index is 12.4. The highest BCUT2D eigenvalue weighted by Gasteiger charge is 2.31. The Balaban J connectivity index is 2.21. The molecule has 1 aromatic rings. The van der Waals surface area contributed by atoms with Crippen molar-refractivity contribution in [1.82, 2.24) is 16.0 Å². The van der Waals surface area contributed by atoms with Gasteiger partial charge in [-0.15, -0.1) is 0 Å². The molecule has 1 aliphatic heterocycles. The van der Waals surface area contributed by atoms with E-state index in [4.69, 9.17) is 4.74 Å². The molecule has 0 radical (unpaired) electrons. The highest BCUT2D eigenvalue weighted by atomic mass is 16.5. The Morgan fingerprint density at radius 3 is 2.68 bits per heavy atom. The topological polar surface area (TPSA) is 79.5 Å². The van der Waals surface area contributed by atoms with Crippen LogP contribution in [0, 0.1) is 6.92 Å². The highest BCUT2D eigenvalue weighted by molar-refractivity contribution is 5.94. The molecule has 3 N–H and O–H groups in total. The Labute approximate surface area is 149 Å². The lowest BCUT2D eigenvalue weighted by Crippen LogP contribution is -2.52. The van der Waals surface area contributed by atoms with Crippen LogP contribution >= 0.6 is 0 Å². The van der Waals surface area contributed by atoms with Gasteiger partial charge in [-0.1, -0.05) is 31.2 Å². The smallest absolute Gasteiger partial charge is 0.337 e. The van der Waals surface area contributed by atoms with Crippen molar-refractivity contribution in [2.24, 2.45) is 0 Å². The normalized spacial score (nSPS) is 18.4. The Bertz CT molecular complexity index is 670. The quantitative estimate of drug-likeness (QED) is 0.664. The van der Waals surface area contributed by atoms with E-state index in [0.717, 1.165) is 0 Å². The lowest BCUT2D eigenvalue weighted by molar-refractivity contribution is -0.139. The number of ether oxygens (including phenoxy) is 1. The van der Waals surface area contributed by atoms with Crippen LogP contribution in [0.25, 0.3) is 0 Å². The first-order valence-corrected chi connectivity index (χ1v) is 8.74. The minimum atomic E-state index is -0.387. The van der Waals surface area contributed by atoms with Crippen LogP contribution in [0.15, 0.2) is 35.5 Å². The first-order valence-electron chi connectivity index (χ1n) is 8.74. The lowest BCUT2D eigenvalue weighted by Gasteiger charge is -2.29. The van der Waals surface area contributed by atoms with E-state index in [2.05, 4.69) is 41.9 Å². The molecule has 0 saturated heterocycles.